The van der Waals surface area contributed by atoms with Crippen molar-refractivity contribution in [3.05, 3.63) is 41.8 Å². The number of hydrogen-bond donors (Lipinski definition) is 0. The third-order valence-corrected chi connectivity index (χ3v) is 5.29. The SMILES string of the molecule is CC(=O)OC[C@H]1O[C@@H](n2cnc3c(Cl)nc(-c4ccccc4)nc32)[C@H](OC(C)=O)[C@@H]1OC(C)=O. The molecule has 0 bridgehead atoms. The fourth-order valence-electron chi connectivity index (χ4n) is 3.70. The lowest BCUT2D eigenvalue weighted by Crippen LogP contribution is -2.40. The summed E-state index contributed by atoms with van der Waals surface area (Å²) in [6, 6.07) is 9.21. The van der Waals surface area contributed by atoms with Crippen molar-refractivity contribution in [3.8, 4) is 11.4 Å². The summed E-state index contributed by atoms with van der Waals surface area (Å²) in [5.74, 6) is -1.43. The minimum Gasteiger partial charge on any atom is -0.463 e. The molecule has 2 aromatic heterocycles. The van der Waals surface area contributed by atoms with Gasteiger partial charge >= 0.3 is 17.9 Å². The lowest BCUT2D eigenvalue weighted by Gasteiger charge is -2.23. The van der Waals surface area contributed by atoms with E-state index < -0.39 is 42.4 Å². The first-order valence-corrected chi connectivity index (χ1v) is 10.7. The highest BCUT2D eigenvalue weighted by Gasteiger charge is 2.51. The summed E-state index contributed by atoms with van der Waals surface area (Å²) in [5, 5.41) is 0.123. The van der Waals surface area contributed by atoms with Crippen LogP contribution in [0.3, 0.4) is 0 Å². The standard InChI is InChI=1S/C22H21ClN4O7/c1-11(28)31-9-15-17(32-12(2)29)18(33-13(3)30)22(34-15)27-10-24-16-19(23)25-20(26-21(16)27)14-7-5-4-6-8-14/h4-8,10,15,17-18,22H,9H2,1-3H3/t15-,17-,18-,22-/m1/s1. The van der Waals surface area contributed by atoms with Gasteiger partial charge in [0.25, 0.3) is 0 Å². The van der Waals surface area contributed by atoms with E-state index in [1.165, 1.54) is 31.7 Å². The van der Waals surface area contributed by atoms with Crippen LogP contribution in [0.4, 0.5) is 0 Å². The van der Waals surface area contributed by atoms with Crippen LogP contribution >= 0.6 is 11.6 Å². The minimum atomic E-state index is -1.08. The summed E-state index contributed by atoms with van der Waals surface area (Å²) < 4.78 is 23.5. The Bertz CT molecular complexity index is 1230. The predicted octanol–water partition coefficient (Wildman–Crippen LogP) is 2.47. The van der Waals surface area contributed by atoms with E-state index in [1.54, 1.807) is 0 Å². The maximum absolute atomic E-state index is 11.9. The first kappa shape index (κ1) is 23.6. The number of fused-ring (bicyclic) bond motifs is 1. The van der Waals surface area contributed by atoms with Crippen molar-refractivity contribution in [3.63, 3.8) is 0 Å². The Balaban J connectivity index is 1.79. The van der Waals surface area contributed by atoms with Crippen LogP contribution in [-0.4, -0.2) is 62.3 Å². The number of imidazole rings is 1. The Morgan fingerprint density at radius 1 is 1.00 bits per heavy atom. The number of esters is 3. The molecule has 4 atom stereocenters. The Hall–Kier alpha value is -3.57. The van der Waals surface area contributed by atoms with Crippen LogP contribution in [-0.2, 0) is 33.3 Å². The van der Waals surface area contributed by atoms with Gasteiger partial charge in [-0.1, -0.05) is 41.9 Å². The molecule has 3 heterocycles. The van der Waals surface area contributed by atoms with Gasteiger partial charge in [0, 0.05) is 26.3 Å². The van der Waals surface area contributed by atoms with Crippen molar-refractivity contribution in [2.75, 3.05) is 6.61 Å². The predicted molar refractivity (Wildman–Crippen MR) is 117 cm³/mol. The van der Waals surface area contributed by atoms with E-state index in [-0.39, 0.29) is 11.8 Å². The zero-order chi connectivity index (χ0) is 24.4. The molecule has 0 spiro atoms. The number of halogens is 1. The van der Waals surface area contributed by atoms with Crippen molar-refractivity contribution in [2.45, 2.75) is 45.3 Å². The minimum absolute atomic E-state index is 0.123. The summed E-state index contributed by atoms with van der Waals surface area (Å²) >= 11 is 6.38. The normalized spacial score (nSPS) is 21.9. The van der Waals surface area contributed by atoms with Gasteiger partial charge in [-0.2, -0.15) is 0 Å². The van der Waals surface area contributed by atoms with Crippen molar-refractivity contribution in [2.24, 2.45) is 0 Å². The van der Waals surface area contributed by atoms with Gasteiger partial charge in [0.2, 0.25) is 0 Å². The molecule has 11 nitrogen and oxygen atoms in total. The molecule has 1 saturated heterocycles. The average Bonchev–Trinajstić information content (AvgIpc) is 3.34. The first-order valence-electron chi connectivity index (χ1n) is 10.3. The maximum atomic E-state index is 11.9. The van der Waals surface area contributed by atoms with Gasteiger partial charge in [0.1, 0.15) is 18.2 Å². The Morgan fingerprint density at radius 2 is 1.68 bits per heavy atom. The van der Waals surface area contributed by atoms with Crippen molar-refractivity contribution < 1.29 is 33.3 Å². The number of ether oxygens (including phenoxy) is 4. The molecule has 1 aliphatic rings. The fourth-order valence-corrected chi connectivity index (χ4v) is 3.91. The molecular formula is C22H21ClN4O7. The molecule has 1 aliphatic heterocycles. The van der Waals surface area contributed by atoms with Gasteiger partial charge in [-0.3, -0.25) is 19.0 Å². The van der Waals surface area contributed by atoms with Gasteiger partial charge < -0.3 is 18.9 Å². The molecule has 34 heavy (non-hydrogen) atoms. The summed E-state index contributed by atoms with van der Waals surface area (Å²) in [6.07, 6.45) is -2.62. The molecule has 0 N–H and O–H groups in total. The Morgan fingerprint density at radius 3 is 2.32 bits per heavy atom. The molecule has 0 radical (unpaired) electrons. The topological polar surface area (TPSA) is 132 Å². The highest BCUT2D eigenvalue weighted by atomic mass is 35.5. The Labute approximate surface area is 198 Å². The van der Waals surface area contributed by atoms with E-state index in [9.17, 15) is 14.4 Å². The second kappa shape index (κ2) is 9.74. The van der Waals surface area contributed by atoms with Gasteiger partial charge in [0.15, 0.2) is 35.1 Å². The molecule has 4 rings (SSSR count). The van der Waals surface area contributed by atoms with Crippen LogP contribution in [0.15, 0.2) is 36.7 Å². The number of rotatable bonds is 6. The lowest BCUT2D eigenvalue weighted by atomic mass is 10.1. The molecule has 12 heteroatoms. The first-order chi connectivity index (χ1) is 16.2. The van der Waals surface area contributed by atoms with E-state index in [4.69, 9.17) is 30.5 Å². The van der Waals surface area contributed by atoms with Crippen molar-refractivity contribution in [1.29, 1.82) is 0 Å². The highest BCUT2D eigenvalue weighted by Crippen LogP contribution is 2.37. The number of nitrogens with zero attached hydrogens (tertiary/aromatic N) is 4. The molecule has 1 aromatic carbocycles. The van der Waals surface area contributed by atoms with E-state index >= 15 is 0 Å². The quantitative estimate of drug-likeness (QED) is 0.289. The highest BCUT2D eigenvalue weighted by molar-refractivity contribution is 6.33. The third-order valence-electron chi connectivity index (χ3n) is 5.03. The van der Waals surface area contributed by atoms with Crippen LogP contribution in [0.25, 0.3) is 22.6 Å². The number of carbonyl (C=O) groups is 3. The van der Waals surface area contributed by atoms with Crippen LogP contribution in [0.5, 0.6) is 0 Å². The molecule has 3 aromatic rings. The van der Waals surface area contributed by atoms with Crippen LogP contribution in [0.1, 0.15) is 27.0 Å². The second-order valence-electron chi connectivity index (χ2n) is 7.54. The molecule has 0 aliphatic carbocycles. The van der Waals surface area contributed by atoms with Gasteiger partial charge in [0.05, 0.1) is 6.33 Å². The van der Waals surface area contributed by atoms with Crippen LogP contribution in [0, 0.1) is 0 Å². The molecule has 178 valence electrons. The molecule has 0 saturated carbocycles. The number of benzene rings is 1. The largest absolute Gasteiger partial charge is 0.463 e. The van der Waals surface area contributed by atoms with E-state index in [0.717, 1.165) is 5.56 Å². The summed E-state index contributed by atoms with van der Waals surface area (Å²) in [4.78, 5) is 48.3. The summed E-state index contributed by atoms with van der Waals surface area (Å²) in [5.41, 5.74) is 1.35. The second-order valence-corrected chi connectivity index (χ2v) is 7.90. The van der Waals surface area contributed by atoms with Gasteiger partial charge in [-0.15, -0.1) is 0 Å². The zero-order valence-corrected chi connectivity index (χ0v) is 19.3. The number of aromatic nitrogens is 4. The van der Waals surface area contributed by atoms with E-state index in [0.29, 0.717) is 17.0 Å². The van der Waals surface area contributed by atoms with Crippen LogP contribution < -0.4 is 0 Å². The molecule has 0 amide bonds. The van der Waals surface area contributed by atoms with Crippen molar-refractivity contribution in [1.82, 2.24) is 19.5 Å². The molecular weight excluding hydrogens is 468 g/mol. The van der Waals surface area contributed by atoms with E-state index in [2.05, 4.69) is 15.0 Å². The molecule has 0 unspecified atom stereocenters. The smallest absolute Gasteiger partial charge is 0.303 e. The Kier molecular flexibility index (Phi) is 6.75. The fraction of sp³-hybridized carbons (Fsp3) is 0.364. The molecule has 1 fully saturated rings. The van der Waals surface area contributed by atoms with Gasteiger partial charge in [-0.25, -0.2) is 15.0 Å². The number of hydrogen-bond acceptors (Lipinski definition) is 10. The summed E-state index contributed by atoms with van der Waals surface area (Å²) in [6.45, 7) is 3.45. The monoisotopic (exact) mass is 488 g/mol. The lowest BCUT2D eigenvalue weighted by molar-refractivity contribution is -0.166. The van der Waals surface area contributed by atoms with E-state index in [1.807, 2.05) is 30.3 Å². The summed E-state index contributed by atoms with van der Waals surface area (Å²) in [7, 11) is 0. The zero-order valence-electron chi connectivity index (χ0n) is 18.5. The third kappa shape index (κ3) is 4.85. The number of carbonyl (C=O) groups excluding carboxylic acids is 3. The van der Waals surface area contributed by atoms with Gasteiger partial charge in [-0.05, 0) is 0 Å². The van der Waals surface area contributed by atoms with Crippen LogP contribution in [0.2, 0.25) is 5.15 Å². The maximum Gasteiger partial charge on any atom is 0.303 e. The van der Waals surface area contributed by atoms with Crippen molar-refractivity contribution >= 4 is 40.7 Å². The average molecular weight is 489 g/mol.